The fourth-order valence-electron chi connectivity index (χ4n) is 2.61. The second kappa shape index (κ2) is 11.1. The average Bonchev–Trinajstić information content (AvgIpc) is 2.66. The maximum absolute atomic E-state index is 12.1. The van der Waals surface area contributed by atoms with E-state index >= 15 is 0 Å². The lowest BCUT2D eigenvalue weighted by Crippen LogP contribution is -2.41. The molecule has 1 rings (SSSR count). The first-order chi connectivity index (χ1) is 13.4. The number of rotatable bonds is 12. The van der Waals surface area contributed by atoms with Gasteiger partial charge in [-0.25, -0.2) is 4.79 Å². The fourth-order valence-corrected chi connectivity index (χ4v) is 4.11. The molecule has 4 atom stereocenters. The van der Waals surface area contributed by atoms with Gasteiger partial charge in [0, 0.05) is 12.6 Å². The Morgan fingerprint density at radius 3 is 2.38 bits per heavy atom. The van der Waals surface area contributed by atoms with Crippen molar-refractivity contribution in [2.24, 2.45) is 0 Å². The van der Waals surface area contributed by atoms with Gasteiger partial charge in [0.15, 0.2) is 12.1 Å². The Morgan fingerprint density at radius 1 is 1.31 bits per heavy atom. The van der Waals surface area contributed by atoms with Crippen molar-refractivity contribution in [2.45, 2.75) is 63.8 Å². The van der Waals surface area contributed by atoms with Gasteiger partial charge in [0.2, 0.25) is 0 Å². The zero-order valence-electron chi connectivity index (χ0n) is 16.4. The van der Waals surface area contributed by atoms with E-state index in [1.165, 1.54) is 6.20 Å². The molecule has 0 saturated heterocycles. The van der Waals surface area contributed by atoms with E-state index in [2.05, 4.69) is 4.98 Å². The number of aromatic nitrogens is 2. The van der Waals surface area contributed by atoms with Gasteiger partial charge in [0.25, 0.3) is 5.56 Å². The number of ether oxygens (including phenoxy) is 1. The number of halogens is 1. The van der Waals surface area contributed by atoms with E-state index in [9.17, 15) is 34.4 Å². The van der Waals surface area contributed by atoms with Crippen molar-refractivity contribution in [2.75, 3.05) is 13.2 Å². The Balaban J connectivity index is 3.05. The van der Waals surface area contributed by atoms with E-state index in [1.54, 1.807) is 36.4 Å². The van der Waals surface area contributed by atoms with Gasteiger partial charge in [-0.3, -0.25) is 18.9 Å². The Labute approximate surface area is 181 Å². The Hall–Kier alpha value is -0.600. The Kier molecular flexibility index (Phi) is 10.2. The summed E-state index contributed by atoms with van der Waals surface area (Å²) in [5.74, 6) is -1.56. The molecule has 1 heterocycles. The molecule has 0 aliphatic carbocycles. The maximum Gasteiger partial charge on any atom is 0.356 e. The predicted octanol–water partition coefficient (Wildman–Crippen LogP) is 0.499. The molecule has 29 heavy (non-hydrogen) atoms. The topological polar surface area (TPSA) is 171 Å². The summed E-state index contributed by atoms with van der Waals surface area (Å²) in [4.78, 5) is 35.6. The van der Waals surface area contributed by atoms with Crippen LogP contribution in [0.2, 0.25) is 0 Å². The van der Waals surface area contributed by atoms with Crippen LogP contribution in [0.15, 0.2) is 15.8 Å². The fraction of sp³-hybridized carbons (Fsp3) is 0.750. The molecule has 5 N–H and O–H groups in total. The molecule has 0 bridgehead atoms. The number of hydrogen-bond acceptors (Lipinski definition) is 8. The molecular weight excluding hydrogens is 522 g/mol. The highest BCUT2D eigenvalue weighted by molar-refractivity contribution is 14.1. The summed E-state index contributed by atoms with van der Waals surface area (Å²) in [6, 6.07) is 0. The first-order valence-electron chi connectivity index (χ1n) is 9.05. The quantitative estimate of drug-likeness (QED) is 0.184. The van der Waals surface area contributed by atoms with Gasteiger partial charge >= 0.3 is 13.3 Å². The number of aliphatic hydroxyl groups is 3. The van der Waals surface area contributed by atoms with E-state index < -0.39 is 49.2 Å². The standard InChI is InChI=1S/C16H28IN2O9P/c1-4-16(5-2,28-29(25,26)10(3)21)6-7-27-14(12(22)9-20)19-8-11(17)13(23)18-15(19)24/h8,10,12,14,20-22H,4-7,9H2,1-3H3,(H,25,26)(H,18,23,24)/t10-,12-,14-/m1/s1. The smallest absolute Gasteiger partial charge is 0.356 e. The van der Waals surface area contributed by atoms with Gasteiger partial charge in [0.1, 0.15) is 6.10 Å². The summed E-state index contributed by atoms with van der Waals surface area (Å²) in [5.41, 5.74) is -2.50. The van der Waals surface area contributed by atoms with Crippen LogP contribution >= 0.6 is 30.2 Å². The van der Waals surface area contributed by atoms with Crippen LogP contribution < -0.4 is 11.2 Å². The van der Waals surface area contributed by atoms with Crippen LogP contribution in [0.1, 0.15) is 46.3 Å². The van der Waals surface area contributed by atoms with Crippen LogP contribution in [-0.2, 0) is 13.8 Å². The number of aromatic amines is 1. The van der Waals surface area contributed by atoms with Crippen molar-refractivity contribution in [3.63, 3.8) is 0 Å². The largest absolute Gasteiger partial charge is 0.394 e. The minimum Gasteiger partial charge on any atom is -0.394 e. The molecule has 0 amide bonds. The van der Waals surface area contributed by atoms with E-state index in [0.29, 0.717) is 12.8 Å². The van der Waals surface area contributed by atoms with Crippen LogP contribution in [0, 0.1) is 3.57 Å². The van der Waals surface area contributed by atoms with Crippen LogP contribution in [0.25, 0.3) is 0 Å². The molecular formula is C16H28IN2O9P. The third-order valence-corrected chi connectivity index (χ3v) is 7.01. The van der Waals surface area contributed by atoms with Crippen molar-refractivity contribution >= 4 is 30.2 Å². The number of aliphatic hydroxyl groups excluding tert-OH is 3. The minimum atomic E-state index is -4.27. The first kappa shape index (κ1) is 26.4. The van der Waals surface area contributed by atoms with Gasteiger partial charge < -0.3 is 29.5 Å². The van der Waals surface area contributed by atoms with Crippen LogP contribution in [-0.4, -0.2) is 60.5 Å². The number of hydrogen-bond donors (Lipinski definition) is 5. The van der Waals surface area contributed by atoms with E-state index in [-0.39, 0.29) is 16.6 Å². The second-order valence-corrected chi connectivity index (χ2v) is 9.80. The van der Waals surface area contributed by atoms with E-state index in [4.69, 9.17) is 9.26 Å². The molecule has 0 aliphatic heterocycles. The third-order valence-electron chi connectivity index (χ3n) is 4.65. The highest BCUT2D eigenvalue weighted by Crippen LogP contribution is 2.52. The minimum absolute atomic E-state index is 0.106. The van der Waals surface area contributed by atoms with Crippen molar-refractivity contribution in [1.82, 2.24) is 9.55 Å². The normalized spacial score (nSPS) is 17.5. The lowest BCUT2D eigenvalue weighted by atomic mass is 9.94. The predicted molar refractivity (Wildman–Crippen MR) is 113 cm³/mol. The molecule has 1 aromatic rings. The van der Waals surface area contributed by atoms with Crippen molar-refractivity contribution in [3.05, 3.63) is 30.6 Å². The summed E-state index contributed by atoms with van der Waals surface area (Å²) >= 11 is 1.71. The molecule has 13 heteroatoms. The highest BCUT2D eigenvalue weighted by Gasteiger charge is 2.39. The maximum atomic E-state index is 12.1. The number of nitrogens with zero attached hydrogens (tertiary/aromatic N) is 1. The molecule has 11 nitrogen and oxygen atoms in total. The Bertz CT molecular complexity index is 821. The molecule has 0 saturated carbocycles. The molecule has 0 spiro atoms. The van der Waals surface area contributed by atoms with E-state index in [1.807, 2.05) is 0 Å². The van der Waals surface area contributed by atoms with Crippen LogP contribution in [0.5, 0.6) is 0 Å². The third kappa shape index (κ3) is 6.96. The van der Waals surface area contributed by atoms with Crippen LogP contribution in [0.4, 0.5) is 0 Å². The monoisotopic (exact) mass is 550 g/mol. The molecule has 0 radical (unpaired) electrons. The number of nitrogens with one attached hydrogen (secondary N) is 1. The van der Waals surface area contributed by atoms with Gasteiger partial charge in [-0.1, -0.05) is 13.8 Å². The second-order valence-electron chi connectivity index (χ2n) is 6.58. The summed E-state index contributed by atoms with van der Waals surface area (Å²) in [6.45, 7) is 3.85. The summed E-state index contributed by atoms with van der Waals surface area (Å²) in [6.07, 6.45) is -0.774. The van der Waals surface area contributed by atoms with Crippen LogP contribution in [0.3, 0.4) is 0 Å². The van der Waals surface area contributed by atoms with Gasteiger partial charge in [0.05, 0.1) is 22.4 Å². The molecule has 0 aliphatic rings. The van der Waals surface area contributed by atoms with E-state index in [0.717, 1.165) is 11.5 Å². The lowest BCUT2D eigenvalue weighted by Gasteiger charge is -2.35. The van der Waals surface area contributed by atoms with Crippen molar-refractivity contribution < 1.29 is 34.0 Å². The highest BCUT2D eigenvalue weighted by atomic mass is 127. The van der Waals surface area contributed by atoms with Gasteiger partial charge in [-0.2, -0.15) is 0 Å². The average molecular weight is 550 g/mol. The molecule has 0 aromatic carbocycles. The molecule has 0 fully saturated rings. The first-order valence-corrected chi connectivity index (χ1v) is 11.8. The zero-order chi connectivity index (χ0) is 22.4. The summed E-state index contributed by atoms with van der Waals surface area (Å²) < 4.78 is 24.2. The molecule has 168 valence electrons. The zero-order valence-corrected chi connectivity index (χ0v) is 19.5. The summed E-state index contributed by atoms with van der Waals surface area (Å²) in [5, 5.41) is 28.9. The SMILES string of the molecule is CCC(CC)(CCO[C@H]([C@H](O)CO)n1cc(I)c(=O)[nH]c1=O)OP(=O)(O)[C@H](C)O. The van der Waals surface area contributed by atoms with Gasteiger partial charge in [-0.15, -0.1) is 0 Å². The lowest BCUT2D eigenvalue weighted by molar-refractivity contribution is -0.112. The molecule has 1 aromatic heterocycles. The van der Waals surface area contributed by atoms with Gasteiger partial charge in [-0.05, 0) is 42.4 Å². The van der Waals surface area contributed by atoms with Crippen molar-refractivity contribution in [1.29, 1.82) is 0 Å². The number of H-pyrrole nitrogens is 1. The van der Waals surface area contributed by atoms with Crippen molar-refractivity contribution in [3.8, 4) is 0 Å². The Morgan fingerprint density at radius 2 is 1.90 bits per heavy atom. The summed E-state index contributed by atoms with van der Waals surface area (Å²) in [7, 11) is -4.27. The molecule has 1 unspecified atom stereocenters.